The molecule has 9 nitrogen and oxygen atoms in total. The van der Waals surface area contributed by atoms with Crippen LogP contribution >= 0.6 is 0 Å². The first-order valence-electron chi connectivity index (χ1n) is 13.8. The van der Waals surface area contributed by atoms with Crippen LogP contribution in [-0.4, -0.2) is 52.3 Å². The normalized spacial score (nSPS) is 17.0. The molecular weight excluding hydrogens is 530 g/mol. The van der Waals surface area contributed by atoms with Crippen LogP contribution in [0.1, 0.15) is 30.4 Å². The van der Waals surface area contributed by atoms with E-state index in [-0.39, 0.29) is 29.2 Å². The van der Waals surface area contributed by atoms with Gasteiger partial charge >= 0.3 is 0 Å². The van der Waals surface area contributed by atoms with Gasteiger partial charge < -0.3 is 24.7 Å². The Hall–Kier alpha value is -4.25. The zero-order valence-electron chi connectivity index (χ0n) is 22.9. The molecular formula is C30H32F2N6O3. The van der Waals surface area contributed by atoms with Crippen LogP contribution in [0.3, 0.4) is 0 Å². The molecule has 2 aliphatic rings. The molecule has 6 rings (SSSR count). The fourth-order valence-corrected chi connectivity index (χ4v) is 5.87. The Morgan fingerprint density at radius 3 is 2.83 bits per heavy atom. The maximum absolute atomic E-state index is 14.7. The number of halogens is 2. The summed E-state index contributed by atoms with van der Waals surface area (Å²) in [5.74, 6) is -1.36. The highest BCUT2D eigenvalue weighted by atomic mass is 19.2. The number of anilines is 2. The van der Waals surface area contributed by atoms with E-state index in [0.29, 0.717) is 48.8 Å². The van der Waals surface area contributed by atoms with Gasteiger partial charge in [0, 0.05) is 62.8 Å². The summed E-state index contributed by atoms with van der Waals surface area (Å²) in [6, 6.07) is 8.69. The Bertz CT molecular complexity index is 1630. The number of rotatable bonds is 7. The minimum absolute atomic E-state index is 0.101. The lowest BCUT2D eigenvalue weighted by molar-refractivity contribution is 0.158. The average Bonchev–Trinajstić information content (AvgIpc) is 3.21. The lowest BCUT2D eigenvalue weighted by Gasteiger charge is -2.40. The molecule has 4 aromatic rings. The highest BCUT2D eigenvalue weighted by Gasteiger charge is 2.29. The molecule has 0 aliphatic carbocycles. The molecule has 11 heteroatoms. The van der Waals surface area contributed by atoms with E-state index in [1.54, 1.807) is 31.8 Å². The summed E-state index contributed by atoms with van der Waals surface area (Å²) in [6.45, 7) is 3.26. The van der Waals surface area contributed by atoms with Crippen LogP contribution < -0.4 is 25.5 Å². The Labute approximate surface area is 236 Å². The summed E-state index contributed by atoms with van der Waals surface area (Å²) in [5.41, 5.74) is 8.29. The molecule has 5 heterocycles. The van der Waals surface area contributed by atoms with E-state index in [4.69, 9.17) is 15.2 Å². The van der Waals surface area contributed by atoms with Crippen molar-refractivity contribution in [1.29, 1.82) is 0 Å². The average molecular weight is 563 g/mol. The van der Waals surface area contributed by atoms with Crippen LogP contribution in [0.25, 0.3) is 10.9 Å². The van der Waals surface area contributed by atoms with Crippen molar-refractivity contribution < 1.29 is 18.3 Å². The predicted molar refractivity (Wildman–Crippen MR) is 152 cm³/mol. The van der Waals surface area contributed by atoms with Gasteiger partial charge in [0.05, 0.1) is 36.5 Å². The van der Waals surface area contributed by atoms with Crippen molar-refractivity contribution in [3.05, 3.63) is 81.9 Å². The molecule has 0 unspecified atom stereocenters. The number of aromatic nitrogens is 3. The lowest BCUT2D eigenvalue weighted by Crippen LogP contribution is -2.48. The minimum Gasteiger partial charge on any atom is -0.488 e. The lowest BCUT2D eigenvalue weighted by atomic mass is 10.0. The number of methoxy groups -OCH3 is 1. The Kier molecular flexibility index (Phi) is 7.44. The Balaban J connectivity index is 1.38. The monoisotopic (exact) mass is 562 g/mol. The summed E-state index contributed by atoms with van der Waals surface area (Å²) in [7, 11) is 1.58. The second kappa shape index (κ2) is 11.3. The van der Waals surface area contributed by atoms with E-state index < -0.39 is 11.6 Å². The fourth-order valence-electron chi connectivity index (χ4n) is 5.87. The predicted octanol–water partition coefficient (Wildman–Crippen LogP) is 4.11. The molecule has 1 atom stereocenters. The van der Waals surface area contributed by atoms with Crippen molar-refractivity contribution in [3.63, 3.8) is 0 Å². The van der Waals surface area contributed by atoms with Crippen molar-refractivity contribution in [3.8, 4) is 11.6 Å². The third-order valence-corrected chi connectivity index (χ3v) is 7.89. The molecule has 2 N–H and O–H groups in total. The zero-order valence-corrected chi connectivity index (χ0v) is 22.9. The molecule has 0 radical (unpaired) electrons. The number of aryl methyl sites for hydroxylation is 1. The Morgan fingerprint density at radius 1 is 1.15 bits per heavy atom. The van der Waals surface area contributed by atoms with Crippen molar-refractivity contribution in [2.75, 3.05) is 37.4 Å². The first-order valence-corrected chi connectivity index (χ1v) is 13.8. The molecule has 214 valence electrons. The highest BCUT2D eigenvalue weighted by Crippen LogP contribution is 2.33. The zero-order chi connectivity index (χ0) is 28.5. The van der Waals surface area contributed by atoms with E-state index in [1.165, 1.54) is 0 Å². The van der Waals surface area contributed by atoms with Gasteiger partial charge in [-0.05, 0) is 49.1 Å². The molecule has 0 amide bonds. The van der Waals surface area contributed by atoms with Crippen LogP contribution in [0.2, 0.25) is 0 Å². The number of piperidine rings is 1. The third kappa shape index (κ3) is 5.41. The fraction of sp³-hybridized carbons (Fsp3) is 0.367. The van der Waals surface area contributed by atoms with E-state index >= 15 is 0 Å². The van der Waals surface area contributed by atoms with Crippen LogP contribution in [0.15, 0.2) is 53.7 Å². The molecule has 0 bridgehead atoms. The number of nitrogens with two attached hydrogens (primary N) is 1. The number of ether oxygens (including phenoxy) is 2. The first kappa shape index (κ1) is 26.9. The van der Waals surface area contributed by atoms with Gasteiger partial charge in [-0.25, -0.2) is 14.4 Å². The van der Waals surface area contributed by atoms with Crippen molar-refractivity contribution >= 4 is 22.4 Å². The highest BCUT2D eigenvalue weighted by molar-refractivity contribution is 5.86. The van der Waals surface area contributed by atoms with E-state index in [2.05, 4.69) is 19.8 Å². The van der Waals surface area contributed by atoms with Crippen LogP contribution in [0.4, 0.5) is 20.3 Å². The molecule has 1 saturated heterocycles. The van der Waals surface area contributed by atoms with Gasteiger partial charge in [0.25, 0.3) is 0 Å². The van der Waals surface area contributed by atoms with Crippen molar-refractivity contribution in [2.45, 2.75) is 44.9 Å². The van der Waals surface area contributed by atoms with Gasteiger partial charge in [-0.2, -0.15) is 4.39 Å². The van der Waals surface area contributed by atoms with Crippen molar-refractivity contribution in [2.24, 2.45) is 0 Å². The third-order valence-electron chi connectivity index (χ3n) is 7.89. The smallest absolute Gasteiger partial charge is 0.213 e. The second-order valence-electron chi connectivity index (χ2n) is 10.6. The van der Waals surface area contributed by atoms with Gasteiger partial charge in [-0.3, -0.25) is 9.69 Å². The summed E-state index contributed by atoms with van der Waals surface area (Å²) in [6.07, 6.45) is 7.77. The minimum atomic E-state index is -1.09. The summed E-state index contributed by atoms with van der Waals surface area (Å²) in [5, 5.41) is 0.127. The number of hydrogen-bond acceptors (Lipinski definition) is 8. The van der Waals surface area contributed by atoms with Crippen LogP contribution in [0, 0.1) is 11.6 Å². The number of benzene rings is 1. The quantitative estimate of drug-likeness (QED) is 0.359. The van der Waals surface area contributed by atoms with Gasteiger partial charge in [0.15, 0.2) is 17.0 Å². The largest absolute Gasteiger partial charge is 0.488 e. The number of pyridine rings is 3. The maximum Gasteiger partial charge on any atom is 0.213 e. The standard InChI is InChI=1S/C30H32F2N6O3/c1-40-26-12-19(7-8-34-26)15-38(22-4-2-9-36(18-22)21-5-6-25(33)35-14-21)17-20-16-37-10-3-11-41-30-27(32)24(31)13-23(28(30)37)29(20)39/h5-8,12-14,16,22H,2-4,9-11,15,17-18H2,1H3,(H2,33,35)/t22-/m0/s1. The Morgan fingerprint density at radius 2 is 2.02 bits per heavy atom. The number of nitrogen functional groups attached to an aromatic ring is 1. The van der Waals surface area contributed by atoms with Crippen LogP contribution in [0.5, 0.6) is 11.6 Å². The number of nitrogens with zero attached hydrogens (tertiary/aromatic N) is 5. The van der Waals surface area contributed by atoms with E-state index in [1.807, 2.05) is 22.8 Å². The molecule has 0 saturated carbocycles. The summed E-state index contributed by atoms with van der Waals surface area (Å²) in [4.78, 5) is 26.8. The molecule has 1 aromatic carbocycles. The topological polar surface area (TPSA) is 98.7 Å². The molecule has 2 aliphatic heterocycles. The van der Waals surface area contributed by atoms with Crippen molar-refractivity contribution in [1.82, 2.24) is 19.4 Å². The molecule has 41 heavy (non-hydrogen) atoms. The van der Waals surface area contributed by atoms with Gasteiger partial charge in [0.1, 0.15) is 5.82 Å². The van der Waals surface area contributed by atoms with Gasteiger partial charge in [0.2, 0.25) is 11.7 Å². The van der Waals surface area contributed by atoms with Gasteiger partial charge in [-0.1, -0.05) is 0 Å². The van der Waals surface area contributed by atoms with E-state index in [0.717, 1.165) is 43.2 Å². The maximum atomic E-state index is 14.7. The summed E-state index contributed by atoms with van der Waals surface area (Å²) >= 11 is 0. The van der Waals surface area contributed by atoms with E-state index in [9.17, 15) is 13.6 Å². The molecule has 0 spiro atoms. The molecule has 1 fully saturated rings. The van der Waals surface area contributed by atoms with Crippen LogP contribution in [-0.2, 0) is 19.6 Å². The summed E-state index contributed by atoms with van der Waals surface area (Å²) < 4.78 is 42.0. The van der Waals surface area contributed by atoms with Gasteiger partial charge in [-0.15, -0.1) is 0 Å². The SMILES string of the molecule is COc1cc(CN(Cc2cn3c4c(c(F)c(F)cc4c2=O)OCCC3)[C@H]2CCCN(c3ccc(N)nc3)C2)ccn1. The molecule has 3 aromatic heterocycles. The first-order chi connectivity index (χ1) is 19.9. The number of hydrogen-bond donors (Lipinski definition) is 1. The second-order valence-corrected chi connectivity index (χ2v) is 10.6.